The highest BCUT2D eigenvalue weighted by molar-refractivity contribution is 5.95. The lowest BCUT2D eigenvalue weighted by Crippen LogP contribution is -2.37. The van der Waals surface area contributed by atoms with Gasteiger partial charge < -0.3 is 14.8 Å². The van der Waals surface area contributed by atoms with E-state index in [1.165, 1.54) is 0 Å². The summed E-state index contributed by atoms with van der Waals surface area (Å²) in [4.78, 5) is 24.6. The molecule has 0 saturated carbocycles. The monoisotopic (exact) mass is 341 g/mol. The molecule has 0 aromatic heterocycles. The molecule has 0 fully saturated rings. The number of carbonyl (C=O) groups excluding carboxylic acids is 2. The number of hydrogen-bond acceptors (Lipinski definition) is 4. The summed E-state index contributed by atoms with van der Waals surface area (Å²) < 4.78 is 10.5. The summed E-state index contributed by atoms with van der Waals surface area (Å²) in [6, 6.07) is 16.3. The number of ether oxygens (including phenoxy) is 2. The average Bonchev–Trinajstić information content (AvgIpc) is 2.61. The van der Waals surface area contributed by atoms with Gasteiger partial charge in [-0.3, -0.25) is 9.59 Å². The van der Waals surface area contributed by atoms with Gasteiger partial charge in [0.2, 0.25) is 0 Å². The highest BCUT2D eigenvalue weighted by Gasteiger charge is 2.26. The Morgan fingerprint density at radius 2 is 1.64 bits per heavy atom. The number of benzene rings is 2. The Morgan fingerprint density at radius 3 is 2.20 bits per heavy atom. The first kappa shape index (κ1) is 18.5. The fraction of sp³-hybridized carbons (Fsp3) is 0.300. The van der Waals surface area contributed by atoms with Gasteiger partial charge in [-0.05, 0) is 35.7 Å². The van der Waals surface area contributed by atoms with E-state index < -0.39 is 12.1 Å². The number of carbonyl (C=O) groups is 2. The number of amides is 1. The summed E-state index contributed by atoms with van der Waals surface area (Å²) in [5, 5.41) is 2.77. The van der Waals surface area contributed by atoms with Gasteiger partial charge in [0.25, 0.3) is 5.91 Å². The van der Waals surface area contributed by atoms with Crippen LogP contribution in [0.1, 0.15) is 19.4 Å². The predicted molar refractivity (Wildman–Crippen MR) is 96.5 cm³/mol. The van der Waals surface area contributed by atoms with Crippen LogP contribution in [0.25, 0.3) is 0 Å². The molecule has 0 bridgehead atoms. The number of para-hydroxylation sites is 1. The minimum absolute atomic E-state index is 0.103. The number of methoxy groups -OCH3 is 1. The quantitative estimate of drug-likeness (QED) is 0.784. The molecule has 0 radical (unpaired) electrons. The van der Waals surface area contributed by atoms with Crippen LogP contribution in [0.4, 0.5) is 5.69 Å². The van der Waals surface area contributed by atoms with Crippen molar-refractivity contribution in [3.8, 4) is 5.75 Å². The lowest BCUT2D eigenvalue weighted by atomic mass is 10.1. The molecule has 25 heavy (non-hydrogen) atoms. The molecule has 2 rings (SSSR count). The van der Waals surface area contributed by atoms with Gasteiger partial charge in [-0.1, -0.05) is 44.2 Å². The molecular formula is C20H23NO4. The Bertz CT molecular complexity index is 695. The minimum atomic E-state index is -0.842. The summed E-state index contributed by atoms with van der Waals surface area (Å²) in [6.45, 7) is 3.69. The van der Waals surface area contributed by atoms with E-state index in [-0.39, 0.29) is 18.2 Å². The van der Waals surface area contributed by atoms with E-state index in [0.29, 0.717) is 5.69 Å². The normalized spacial score (nSPS) is 11.7. The first-order valence-corrected chi connectivity index (χ1v) is 8.18. The number of hydrogen-bond donors (Lipinski definition) is 1. The summed E-state index contributed by atoms with van der Waals surface area (Å²) in [5.74, 6) is -0.181. The highest BCUT2D eigenvalue weighted by Crippen LogP contribution is 2.15. The van der Waals surface area contributed by atoms with Crippen LogP contribution < -0.4 is 10.1 Å². The second kappa shape index (κ2) is 8.87. The maximum Gasteiger partial charge on any atom is 0.311 e. The maximum absolute atomic E-state index is 12.4. The third kappa shape index (κ3) is 5.64. The zero-order valence-corrected chi connectivity index (χ0v) is 14.7. The van der Waals surface area contributed by atoms with Crippen LogP contribution in [-0.2, 0) is 20.7 Å². The number of nitrogens with one attached hydrogen (secondary N) is 1. The molecule has 0 aliphatic heterocycles. The Labute approximate surface area is 148 Å². The summed E-state index contributed by atoms with van der Waals surface area (Å²) in [7, 11) is 1.59. The number of anilines is 1. The zero-order valence-electron chi connectivity index (χ0n) is 14.7. The van der Waals surface area contributed by atoms with E-state index in [9.17, 15) is 9.59 Å². The molecule has 2 aromatic rings. The molecule has 0 saturated heterocycles. The molecule has 2 aromatic carbocycles. The molecule has 0 aliphatic rings. The van der Waals surface area contributed by atoms with Crippen molar-refractivity contribution in [2.24, 2.45) is 5.92 Å². The van der Waals surface area contributed by atoms with Gasteiger partial charge in [0.1, 0.15) is 5.75 Å². The summed E-state index contributed by atoms with van der Waals surface area (Å²) in [5.41, 5.74) is 1.47. The molecule has 0 spiro atoms. The minimum Gasteiger partial charge on any atom is -0.497 e. The third-order valence-corrected chi connectivity index (χ3v) is 3.67. The fourth-order valence-corrected chi connectivity index (χ4v) is 2.32. The molecule has 132 valence electrons. The van der Waals surface area contributed by atoms with Gasteiger partial charge in [0.05, 0.1) is 13.5 Å². The van der Waals surface area contributed by atoms with Crippen LogP contribution in [0, 0.1) is 5.92 Å². The van der Waals surface area contributed by atoms with E-state index >= 15 is 0 Å². The lowest BCUT2D eigenvalue weighted by molar-refractivity contribution is -0.156. The SMILES string of the molecule is COc1ccc(CC(=O)OC(C(=O)Nc2ccccc2)C(C)C)cc1. The Balaban J connectivity index is 1.97. The van der Waals surface area contributed by atoms with E-state index in [2.05, 4.69) is 5.32 Å². The molecule has 1 amide bonds. The van der Waals surface area contributed by atoms with Crippen molar-refractivity contribution in [3.05, 3.63) is 60.2 Å². The van der Waals surface area contributed by atoms with Crippen LogP contribution >= 0.6 is 0 Å². The first-order chi connectivity index (χ1) is 12.0. The number of esters is 1. The van der Waals surface area contributed by atoms with Gasteiger partial charge in [-0.25, -0.2) is 0 Å². The molecule has 0 heterocycles. The molecule has 1 atom stereocenters. The smallest absolute Gasteiger partial charge is 0.311 e. The van der Waals surface area contributed by atoms with Crippen molar-refractivity contribution >= 4 is 17.6 Å². The molecule has 0 aliphatic carbocycles. The molecule has 5 nitrogen and oxygen atoms in total. The largest absolute Gasteiger partial charge is 0.497 e. The van der Waals surface area contributed by atoms with Gasteiger partial charge in [-0.2, -0.15) is 0 Å². The van der Waals surface area contributed by atoms with Crippen LogP contribution in [0.3, 0.4) is 0 Å². The summed E-state index contributed by atoms with van der Waals surface area (Å²) >= 11 is 0. The van der Waals surface area contributed by atoms with Crippen molar-refractivity contribution in [2.45, 2.75) is 26.4 Å². The fourth-order valence-electron chi connectivity index (χ4n) is 2.32. The van der Waals surface area contributed by atoms with Crippen LogP contribution in [0.15, 0.2) is 54.6 Å². The van der Waals surface area contributed by atoms with Gasteiger partial charge in [0, 0.05) is 5.69 Å². The second-order valence-corrected chi connectivity index (χ2v) is 6.03. The topological polar surface area (TPSA) is 64.6 Å². The van der Waals surface area contributed by atoms with E-state index in [1.807, 2.05) is 32.0 Å². The summed E-state index contributed by atoms with van der Waals surface area (Å²) in [6.07, 6.45) is -0.739. The maximum atomic E-state index is 12.4. The Hall–Kier alpha value is -2.82. The highest BCUT2D eigenvalue weighted by atomic mass is 16.5. The van der Waals surface area contributed by atoms with Crippen molar-refractivity contribution in [1.82, 2.24) is 0 Å². The molecule has 5 heteroatoms. The molecule has 1 unspecified atom stereocenters. The Morgan fingerprint density at radius 1 is 1.00 bits per heavy atom. The van der Waals surface area contributed by atoms with E-state index in [0.717, 1.165) is 11.3 Å². The average molecular weight is 341 g/mol. The lowest BCUT2D eigenvalue weighted by Gasteiger charge is -2.21. The predicted octanol–water partition coefficient (Wildman–Crippen LogP) is 3.44. The van der Waals surface area contributed by atoms with Crippen LogP contribution in [0.2, 0.25) is 0 Å². The van der Waals surface area contributed by atoms with E-state index in [4.69, 9.17) is 9.47 Å². The standard InChI is InChI=1S/C20H23NO4/c1-14(2)19(20(23)21-16-7-5-4-6-8-16)25-18(22)13-15-9-11-17(24-3)12-10-15/h4-12,14,19H,13H2,1-3H3,(H,21,23). The number of rotatable bonds is 7. The second-order valence-electron chi connectivity index (χ2n) is 6.03. The molecule has 1 N–H and O–H groups in total. The van der Waals surface area contributed by atoms with Crippen molar-refractivity contribution in [1.29, 1.82) is 0 Å². The van der Waals surface area contributed by atoms with Crippen molar-refractivity contribution in [2.75, 3.05) is 12.4 Å². The third-order valence-electron chi connectivity index (χ3n) is 3.67. The van der Waals surface area contributed by atoms with E-state index in [1.54, 1.807) is 43.5 Å². The molecular weight excluding hydrogens is 318 g/mol. The van der Waals surface area contributed by atoms with Gasteiger partial charge in [0.15, 0.2) is 6.10 Å². The van der Waals surface area contributed by atoms with Crippen molar-refractivity contribution in [3.63, 3.8) is 0 Å². The van der Waals surface area contributed by atoms with Gasteiger partial charge in [-0.15, -0.1) is 0 Å². The first-order valence-electron chi connectivity index (χ1n) is 8.18. The van der Waals surface area contributed by atoms with Gasteiger partial charge >= 0.3 is 5.97 Å². The van der Waals surface area contributed by atoms with Crippen molar-refractivity contribution < 1.29 is 19.1 Å². The zero-order chi connectivity index (χ0) is 18.2. The van der Waals surface area contributed by atoms with Crippen LogP contribution in [0.5, 0.6) is 5.75 Å². The Kier molecular flexibility index (Phi) is 6.57. The van der Waals surface area contributed by atoms with Crippen LogP contribution in [-0.4, -0.2) is 25.1 Å².